The van der Waals surface area contributed by atoms with Crippen molar-refractivity contribution in [1.82, 2.24) is 15.2 Å². The van der Waals surface area contributed by atoms with Crippen LogP contribution in [0.15, 0.2) is 54.6 Å². The van der Waals surface area contributed by atoms with Gasteiger partial charge in [-0.05, 0) is 55.0 Å². The second-order valence-corrected chi connectivity index (χ2v) is 6.86. The van der Waals surface area contributed by atoms with E-state index in [4.69, 9.17) is 10.00 Å². The Balaban J connectivity index is 1.50. The molecule has 0 bridgehead atoms. The molecule has 29 heavy (non-hydrogen) atoms. The van der Waals surface area contributed by atoms with E-state index in [2.05, 4.69) is 16.4 Å². The number of nitriles is 1. The second kappa shape index (κ2) is 7.60. The Morgan fingerprint density at radius 3 is 2.62 bits per heavy atom. The number of nitrogens with one attached hydrogen (secondary N) is 1. The zero-order valence-corrected chi connectivity index (χ0v) is 15.8. The molecule has 1 aliphatic rings. The van der Waals surface area contributed by atoms with E-state index in [1.165, 1.54) is 0 Å². The quantitative estimate of drug-likeness (QED) is 0.744. The van der Waals surface area contributed by atoms with Crippen LogP contribution in [0.5, 0.6) is 11.5 Å². The van der Waals surface area contributed by atoms with E-state index in [0.717, 1.165) is 5.39 Å². The number of hydrogen-bond donors (Lipinski definition) is 1. The van der Waals surface area contributed by atoms with Crippen LogP contribution in [-0.2, 0) is 4.79 Å². The number of pyridine rings is 1. The molecule has 1 aromatic heterocycles. The van der Waals surface area contributed by atoms with Crippen LogP contribution >= 0.6 is 0 Å². The normalized spacial score (nSPS) is 15.9. The van der Waals surface area contributed by atoms with Gasteiger partial charge in [-0.1, -0.05) is 6.07 Å². The number of ether oxygens (including phenoxy) is 1. The lowest BCUT2D eigenvalue weighted by atomic mass is 10.1. The smallest absolute Gasteiger partial charge is 0.270 e. The van der Waals surface area contributed by atoms with Crippen LogP contribution in [0.4, 0.5) is 0 Å². The van der Waals surface area contributed by atoms with Crippen molar-refractivity contribution >= 4 is 22.7 Å². The molecule has 1 atom stereocenters. The molecule has 2 amide bonds. The Bertz CT molecular complexity index is 1130. The minimum absolute atomic E-state index is 0.0799. The molecular formula is C22H18N4O3. The molecule has 0 radical (unpaired) electrons. The first-order chi connectivity index (χ1) is 14.0. The highest BCUT2D eigenvalue weighted by Gasteiger charge is 2.30. The molecular weight excluding hydrogens is 368 g/mol. The van der Waals surface area contributed by atoms with Crippen molar-refractivity contribution in [1.29, 1.82) is 5.26 Å². The zero-order valence-electron chi connectivity index (χ0n) is 15.8. The molecule has 1 aliphatic heterocycles. The summed E-state index contributed by atoms with van der Waals surface area (Å²) in [6.07, 6.45) is 0.602. The SMILES string of the molecule is CN1CC[C@H](NC(=O)c2ccc3cc(Oc4ccc(C#N)cc4)ccc3n2)C1=O. The van der Waals surface area contributed by atoms with E-state index < -0.39 is 6.04 Å². The Kier molecular flexibility index (Phi) is 4.83. The van der Waals surface area contributed by atoms with Crippen molar-refractivity contribution in [3.05, 3.63) is 65.9 Å². The number of benzene rings is 2. The van der Waals surface area contributed by atoms with Crippen LogP contribution in [0, 0.1) is 11.3 Å². The maximum atomic E-state index is 12.5. The van der Waals surface area contributed by atoms with Gasteiger partial charge in [-0.2, -0.15) is 5.26 Å². The maximum Gasteiger partial charge on any atom is 0.270 e. The van der Waals surface area contributed by atoms with Crippen LogP contribution in [0.1, 0.15) is 22.5 Å². The number of carbonyl (C=O) groups is 2. The van der Waals surface area contributed by atoms with Crippen LogP contribution < -0.4 is 10.1 Å². The lowest BCUT2D eigenvalue weighted by Gasteiger charge is -2.12. The van der Waals surface area contributed by atoms with Gasteiger partial charge in [0.25, 0.3) is 5.91 Å². The number of amides is 2. The lowest BCUT2D eigenvalue weighted by molar-refractivity contribution is -0.128. The molecule has 1 N–H and O–H groups in total. The molecule has 144 valence electrons. The monoisotopic (exact) mass is 386 g/mol. The van der Waals surface area contributed by atoms with Crippen molar-refractivity contribution in [2.75, 3.05) is 13.6 Å². The first-order valence-corrected chi connectivity index (χ1v) is 9.18. The predicted molar refractivity (Wildman–Crippen MR) is 106 cm³/mol. The van der Waals surface area contributed by atoms with Crippen LogP contribution in [0.25, 0.3) is 10.9 Å². The lowest BCUT2D eigenvalue weighted by Crippen LogP contribution is -2.40. The summed E-state index contributed by atoms with van der Waals surface area (Å²) < 4.78 is 5.82. The predicted octanol–water partition coefficient (Wildman–Crippen LogP) is 2.86. The molecule has 0 unspecified atom stereocenters. The Morgan fingerprint density at radius 2 is 1.93 bits per heavy atom. The summed E-state index contributed by atoms with van der Waals surface area (Å²) in [6.45, 7) is 0.636. The molecule has 0 aliphatic carbocycles. The highest BCUT2D eigenvalue weighted by atomic mass is 16.5. The van der Waals surface area contributed by atoms with Crippen molar-refractivity contribution < 1.29 is 14.3 Å². The van der Waals surface area contributed by atoms with E-state index in [1.54, 1.807) is 60.5 Å². The largest absolute Gasteiger partial charge is 0.457 e. The number of fused-ring (bicyclic) bond motifs is 1. The Morgan fingerprint density at radius 1 is 1.17 bits per heavy atom. The molecule has 3 aromatic rings. The number of likely N-dealkylation sites (tertiary alicyclic amines) is 1. The average molecular weight is 386 g/mol. The molecule has 2 heterocycles. The highest BCUT2D eigenvalue weighted by Crippen LogP contribution is 2.25. The van der Waals surface area contributed by atoms with E-state index in [0.29, 0.717) is 35.5 Å². The topological polar surface area (TPSA) is 95.3 Å². The van der Waals surface area contributed by atoms with E-state index in [-0.39, 0.29) is 17.5 Å². The molecule has 0 saturated carbocycles. The number of rotatable bonds is 4. The third-order valence-corrected chi connectivity index (χ3v) is 4.85. The molecule has 1 fully saturated rings. The van der Waals surface area contributed by atoms with Crippen molar-refractivity contribution in [3.63, 3.8) is 0 Å². The number of aromatic nitrogens is 1. The van der Waals surface area contributed by atoms with Crippen molar-refractivity contribution in [3.8, 4) is 17.6 Å². The highest BCUT2D eigenvalue weighted by molar-refractivity contribution is 5.98. The molecule has 0 spiro atoms. The van der Waals surface area contributed by atoms with Gasteiger partial charge < -0.3 is 15.0 Å². The number of hydrogen-bond acceptors (Lipinski definition) is 5. The minimum atomic E-state index is -0.492. The number of nitrogens with zero attached hydrogens (tertiary/aromatic N) is 3. The van der Waals surface area contributed by atoms with Crippen molar-refractivity contribution in [2.24, 2.45) is 0 Å². The van der Waals surface area contributed by atoms with Gasteiger partial charge >= 0.3 is 0 Å². The second-order valence-electron chi connectivity index (χ2n) is 6.86. The standard InChI is InChI=1S/C22H18N4O3/c1-26-11-10-20(22(26)28)25-21(27)19-8-4-15-12-17(7-9-18(15)24-19)29-16-5-2-14(13-23)3-6-16/h2-9,12,20H,10-11H2,1H3,(H,25,27)/t20-/m0/s1. The summed E-state index contributed by atoms with van der Waals surface area (Å²) in [5.74, 6) is 0.807. The van der Waals surface area contributed by atoms with E-state index in [9.17, 15) is 9.59 Å². The molecule has 4 rings (SSSR count). The first-order valence-electron chi connectivity index (χ1n) is 9.18. The maximum absolute atomic E-state index is 12.5. The van der Waals surface area contributed by atoms with Gasteiger partial charge in [0.05, 0.1) is 17.1 Å². The van der Waals surface area contributed by atoms with Crippen LogP contribution in [-0.4, -0.2) is 41.3 Å². The average Bonchev–Trinajstić information content (AvgIpc) is 3.06. The van der Waals surface area contributed by atoms with Gasteiger partial charge in [-0.25, -0.2) is 4.98 Å². The molecule has 1 saturated heterocycles. The summed E-state index contributed by atoms with van der Waals surface area (Å²) in [4.78, 5) is 30.4. The van der Waals surface area contributed by atoms with Crippen LogP contribution in [0.3, 0.4) is 0 Å². The van der Waals surface area contributed by atoms with E-state index in [1.807, 2.05) is 6.07 Å². The Hall–Kier alpha value is -3.92. The fraction of sp³-hybridized carbons (Fsp3) is 0.182. The first kappa shape index (κ1) is 18.4. The summed E-state index contributed by atoms with van der Waals surface area (Å²) in [5, 5.41) is 12.4. The zero-order chi connectivity index (χ0) is 20.4. The third kappa shape index (κ3) is 3.87. The summed E-state index contributed by atoms with van der Waals surface area (Å²) in [7, 11) is 1.72. The van der Waals surface area contributed by atoms with Gasteiger partial charge in [0.15, 0.2) is 0 Å². The molecule has 2 aromatic carbocycles. The molecule has 7 heteroatoms. The van der Waals surface area contributed by atoms with Gasteiger partial charge in [-0.3, -0.25) is 9.59 Å². The number of likely N-dealkylation sites (N-methyl/N-ethyl adjacent to an activating group) is 1. The van der Waals surface area contributed by atoms with Gasteiger partial charge in [0, 0.05) is 19.0 Å². The summed E-state index contributed by atoms with van der Waals surface area (Å²) in [5.41, 5.74) is 1.48. The fourth-order valence-electron chi connectivity index (χ4n) is 3.22. The number of carbonyl (C=O) groups excluding carboxylic acids is 2. The third-order valence-electron chi connectivity index (χ3n) is 4.85. The van der Waals surface area contributed by atoms with E-state index >= 15 is 0 Å². The summed E-state index contributed by atoms with van der Waals surface area (Å²) >= 11 is 0. The Labute approximate surface area is 167 Å². The molecule has 7 nitrogen and oxygen atoms in total. The van der Waals surface area contributed by atoms with Crippen LogP contribution in [0.2, 0.25) is 0 Å². The van der Waals surface area contributed by atoms with Crippen molar-refractivity contribution in [2.45, 2.75) is 12.5 Å². The van der Waals surface area contributed by atoms with Gasteiger partial charge in [0.1, 0.15) is 23.2 Å². The van der Waals surface area contributed by atoms with Gasteiger partial charge in [-0.15, -0.1) is 0 Å². The summed E-state index contributed by atoms with van der Waals surface area (Å²) in [6, 6.07) is 17.2. The fourth-order valence-corrected chi connectivity index (χ4v) is 3.22. The minimum Gasteiger partial charge on any atom is -0.457 e. The van der Waals surface area contributed by atoms with Gasteiger partial charge in [0.2, 0.25) is 5.91 Å².